The van der Waals surface area contributed by atoms with E-state index < -0.39 is 12.2 Å². The van der Waals surface area contributed by atoms with Gasteiger partial charge in [0, 0.05) is 19.2 Å². The molecule has 4 atom stereocenters. The number of alkyl halides is 3. The van der Waals surface area contributed by atoms with Crippen LogP contribution in [0.3, 0.4) is 0 Å². The minimum Gasteiger partial charge on any atom is -0.380 e. The van der Waals surface area contributed by atoms with Gasteiger partial charge in [0.25, 0.3) is 0 Å². The van der Waals surface area contributed by atoms with E-state index in [1.807, 2.05) is 4.90 Å². The molecule has 4 unspecified atom stereocenters. The van der Waals surface area contributed by atoms with Gasteiger partial charge in [-0.15, -0.1) is 0 Å². The molecule has 0 aromatic heterocycles. The fourth-order valence-corrected chi connectivity index (χ4v) is 3.79. The van der Waals surface area contributed by atoms with Crippen LogP contribution >= 0.6 is 0 Å². The van der Waals surface area contributed by atoms with E-state index in [2.05, 4.69) is 0 Å². The Kier molecular flexibility index (Phi) is 3.07. The molecule has 0 bridgehead atoms. The van der Waals surface area contributed by atoms with Crippen molar-refractivity contribution in [1.29, 1.82) is 0 Å². The lowest BCUT2D eigenvalue weighted by atomic mass is 9.85. The van der Waals surface area contributed by atoms with Crippen LogP contribution < -0.4 is 0 Å². The Balaban J connectivity index is 1.79. The van der Waals surface area contributed by atoms with Gasteiger partial charge >= 0.3 is 6.18 Å². The molecule has 0 N–H and O–H groups in total. The van der Waals surface area contributed by atoms with Crippen molar-refractivity contribution in [2.24, 2.45) is 5.92 Å². The quantitative estimate of drug-likeness (QED) is 0.662. The first-order chi connectivity index (χ1) is 8.48. The predicted molar refractivity (Wildman–Crippen MR) is 60.0 cm³/mol. The summed E-state index contributed by atoms with van der Waals surface area (Å²) in [4.78, 5) is 3.54. The summed E-state index contributed by atoms with van der Waals surface area (Å²) in [5.74, 6) is 0.524. The van der Waals surface area contributed by atoms with E-state index in [1.54, 1.807) is 7.05 Å². The molecule has 0 spiro atoms. The summed E-state index contributed by atoms with van der Waals surface area (Å²) in [7, 11) is 1.60. The molecule has 6 heteroatoms. The lowest BCUT2D eigenvalue weighted by molar-refractivity contribution is -0.172. The highest BCUT2D eigenvalue weighted by Gasteiger charge is 2.54. The molecule has 0 saturated carbocycles. The molecule has 3 aliphatic rings. The summed E-state index contributed by atoms with van der Waals surface area (Å²) < 4.78 is 44.4. The minimum atomic E-state index is -4.13. The van der Waals surface area contributed by atoms with Gasteiger partial charge < -0.3 is 4.74 Å². The molecule has 104 valence electrons. The molecule has 0 aliphatic carbocycles. The van der Waals surface area contributed by atoms with Gasteiger partial charge in [-0.3, -0.25) is 9.80 Å². The standard InChI is InChI=1S/C12H19F3N2O/c1-16-10(12(13,14)15)6-17-9-7-18-5-4-8(9)2-3-11(16)17/h8-11H,2-7H2,1H3. The SMILES string of the molecule is CN1C2CCC3CCOCC3N2CC1C(F)(F)F. The highest BCUT2D eigenvalue weighted by molar-refractivity contribution is 5.00. The number of ether oxygens (including phenoxy) is 1. The Bertz CT molecular complexity index is 323. The zero-order chi connectivity index (χ0) is 12.9. The molecular formula is C12H19F3N2O. The number of halogens is 3. The van der Waals surface area contributed by atoms with Crippen LogP contribution in [0.1, 0.15) is 19.3 Å². The van der Waals surface area contributed by atoms with Crippen LogP contribution in [-0.4, -0.2) is 61.0 Å². The molecule has 3 nitrogen and oxygen atoms in total. The maximum Gasteiger partial charge on any atom is 0.405 e. The van der Waals surface area contributed by atoms with Crippen molar-refractivity contribution in [3.8, 4) is 0 Å². The zero-order valence-electron chi connectivity index (χ0n) is 10.5. The topological polar surface area (TPSA) is 15.7 Å². The second-order valence-corrected chi connectivity index (χ2v) is 5.67. The summed E-state index contributed by atoms with van der Waals surface area (Å²) in [6.07, 6.45) is -1.31. The molecule has 3 heterocycles. The van der Waals surface area contributed by atoms with Crippen LogP contribution in [0.25, 0.3) is 0 Å². The van der Waals surface area contributed by atoms with Crippen molar-refractivity contribution in [2.75, 3.05) is 26.8 Å². The van der Waals surface area contributed by atoms with Crippen molar-refractivity contribution in [3.05, 3.63) is 0 Å². The van der Waals surface area contributed by atoms with E-state index in [-0.39, 0.29) is 18.8 Å². The third-order valence-corrected chi connectivity index (χ3v) is 4.79. The van der Waals surface area contributed by atoms with Crippen LogP contribution in [-0.2, 0) is 4.74 Å². The average molecular weight is 264 g/mol. The first kappa shape index (κ1) is 12.7. The van der Waals surface area contributed by atoms with Crippen molar-refractivity contribution in [1.82, 2.24) is 9.80 Å². The fourth-order valence-electron chi connectivity index (χ4n) is 3.79. The summed E-state index contributed by atoms with van der Waals surface area (Å²) in [6.45, 7) is 1.47. The molecular weight excluding hydrogens is 245 g/mol. The second kappa shape index (κ2) is 4.35. The summed E-state index contributed by atoms with van der Waals surface area (Å²) in [5.41, 5.74) is 0. The molecule has 3 fully saturated rings. The van der Waals surface area contributed by atoms with Crippen LogP contribution in [0.15, 0.2) is 0 Å². The first-order valence-electron chi connectivity index (χ1n) is 6.60. The first-order valence-corrected chi connectivity index (χ1v) is 6.60. The maximum atomic E-state index is 13.0. The number of rotatable bonds is 0. The highest BCUT2D eigenvalue weighted by atomic mass is 19.4. The van der Waals surface area contributed by atoms with E-state index in [9.17, 15) is 13.2 Å². The van der Waals surface area contributed by atoms with Crippen LogP contribution in [0.5, 0.6) is 0 Å². The van der Waals surface area contributed by atoms with Crippen molar-refractivity contribution in [3.63, 3.8) is 0 Å². The van der Waals surface area contributed by atoms with Crippen molar-refractivity contribution < 1.29 is 17.9 Å². The van der Waals surface area contributed by atoms with Crippen LogP contribution in [0.2, 0.25) is 0 Å². The molecule has 3 saturated heterocycles. The van der Waals surface area contributed by atoms with E-state index in [0.717, 1.165) is 25.9 Å². The summed E-state index contributed by atoms with van der Waals surface area (Å²) in [6, 6.07) is -1.13. The number of piperidine rings is 1. The average Bonchev–Trinajstić information content (AvgIpc) is 2.67. The van der Waals surface area contributed by atoms with Crippen molar-refractivity contribution >= 4 is 0 Å². The lowest BCUT2D eigenvalue weighted by Gasteiger charge is -2.46. The number of fused-ring (bicyclic) bond motifs is 3. The Hall–Kier alpha value is -0.330. The van der Waals surface area contributed by atoms with Gasteiger partial charge in [-0.1, -0.05) is 0 Å². The van der Waals surface area contributed by atoms with Crippen LogP contribution in [0, 0.1) is 5.92 Å². The molecule has 0 aromatic carbocycles. The summed E-state index contributed by atoms with van der Waals surface area (Å²) >= 11 is 0. The zero-order valence-corrected chi connectivity index (χ0v) is 10.5. The maximum absolute atomic E-state index is 13.0. The van der Waals surface area contributed by atoms with Gasteiger partial charge in [0.05, 0.1) is 12.8 Å². The molecule has 0 amide bonds. The Morgan fingerprint density at radius 2 is 1.94 bits per heavy atom. The van der Waals surface area contributed by atoms with Gasteiger partial charge in [-0.25, -0.2) is 0 Å². The summed E-state index contributed by atoms with van der Waals surface area (Å²) in [5, 5.41) is 0. The van der Waals surface area contributed by atoms with Gasteiger partial charge in [0.1, 0.15) is 6.04 Å². The molecule has 18 heavy (non-hydrogen) atoms. The minimum absolute atomic E-state index is 0.0559. The van der Waals surface area contributed by atoms with Crippen LogP contribution in [0.4, 0.5) is 13.2 Å². The van der Waals surface area contributed by atoms with Gasteiger partial charge in [-0.05, 0) is 32.2 Å². The number of nitrogens with zero attached hydrogens (tertiary/aromatic N) is 2. The van der Waals surface area contributed by atoms with Gasteiger partial charge in [-0.2, -0.15) is 13.2 Å². The number of hydrogen-bond donors (Lipinski definition) is 0. The van der Waals surface area contributed by atoms with E-state index >= 15 is 0 Å². The van der Waals surface area contributed by atoms with Gasteiger partial charge in [0.2, 0.25) is 0 Å². The van der Waals surface area contributed by atoms with Crippen molar-refractivity contribution in [2.45, 2.75) is 43.7 Å². The molecule has 3 rings (SSSR count). The Morgan fingerprint density at radius 1 is 1.17 bits per heavy atom. The normalized spacial score (nSPS) is 42.7. The van der Waals surface area contributed by atoms with E-state index in [1.165, 1.54) is 4.90 Å². The fraction of sp³-hybridized carbons (Fsp3) is 1.00. The van der Waals surface area contributed by atoms with E-state index in [4.69, 9.17) is 4.74 Å². The van der Waals surface area contributed by atoms with E-state index in [0.29, 0.717) is 12.5 Å². The molecule has 0 radical (unpaired) electrons. The monoisotopic (exact) mass is 264 g/mol. The number of hydrogen-bond acceptors (Lipinski definition) is 3. The van der Waals surface area contributed by atoms with Gasteiger partial charge in [0.15, 0.2) is 0 Å². The second-order valence-electron chi connectivity index (χ2n) is 5.67. The highest BCUT2D eigenvalue weighted by Crippen LogP contribution is 2.41. The molecule has 0 aromatic rings. The largest absolute Gasteiger partial charge is 0.405 e. The smallest absolute Gasteiger partial charge is 0.380 e. The third-order valence-electron chi connectivity index (χ3n) is 4.79. The number of likely N-dealkylation sites (N-methyl/N-ethyl adjacent to an activating group) is 1. The lowest BCUT2D eigenvalue weighted by Crippen LogP contribution is -2.54. The third kappa shape index (κ3) is 1.94. The predicted octanol–water partition coefficient (Wildman–Crippen LogP) is 1.69. The molecule has 3 aliphatic heterocycles. The Morgan fingerprint density at radius 3 is 2.67 bits per heavy atom. The Labute approximate surface area is 105 Å².